The standard InChI is InChI=1S/C12H23IO/c1-10(2)8-14-12(9-13)6-4-5-11(3)7-12/h10-11H,4-9H2,1-3H3. The molecule has 0 heterocycles. The first kappa shape index (κ1) is 12.8. The second kappa shape index (κ2) is 5.69. The zero-order valence-corrected chi connectivity index (χ0v) is 11.8. The summed E-state index contributed by atoms with van der Waals surface area (Å²) in [6.45, 7) is 7.74. The molecule has 0 aliphatic heterocycles. The average molecular weight is 310 g/mol. The molecule has 1 nitrogen and oxygen atoms in total. The highest BCUT2D eigenvalue weighted by molar-refractivity contribution is 14.1. The van der Waals surface area contributed by atoms with E-state index in [-0.39, 0.29) is 5.60 Å². The van der Waals surface area contributed by atoms with Crippen molar-refractivity contribution in [1.29, 1.82) is 0 Å². The second-order valence-electron chi connectivity index (χ2n) is 5.22. The third kappa shape index (κ3) is 3.69. The molecule has 0 N–H and O–H groups in total. The second-order valence-corrected chi connectivity index (χ2v) is 5.99. The minimum absolute atomic E-state index is 0.211. The van der Waals surface area contributed by atoms with Crippen molar-refractivity contribution in [1.82, 2.24) is 0 Å². The van der Waals surface area contributed by atoms with Crippen molar-refractivity contribution in [2.24, 2.45) is 11.8 Å². The van der Waals surface area contributed by atoms with Crippen molar-refractivity contribution in [3.8, 4) is 0 Å². The van der Waals surface area contributed by atoms with Gasteiger partial charge in [-0.25, -0.2) is 0 Å². The highest BCUT2D eigenvalue weighted by Crippen LogP contribution is 2.36. The summed E-state index contributed by atoms with van der Waals surface area (Å²) in [6, 6.07) is 0. The molecule has 2 unspecified atom stereocenters. The third-order valence-electron chi connectivity index (χ3n) is 3.02. The zero-order chi connectivity index (χ0) is 10.6. The van der Waals surface area contributed by atoms with Crippen LogP contribution >= 0.6 is 22.6 Å². The number of ether oxygens (including phenoxy) is 1. The van der Waals surface area contributed by atoms with Crippen LogP contribution in [0.4, 0.5) is 0 Å². The SMILES string of the molecule is CC(C)COC1(CI)CCCC(C)C1. The van der Waals surface area contributed by atoms with E-state index in [9.17, 15) is 0 Å². The van der Waals surface area contributed by atoms with E-state index in [0.717, 1.165) is 17.0 Å². The van der Waals surface area contributed by atoms with Gasteiger partial charge in [-0.05, 0) is 24.7 Å². The highest BCUT2D eigenvalue weighted by Gasteiger charge is 2.34. The zero-order valence-electron chi connectivity index (χ0n) is 9.68. The number of hydrogen-bond acceptors (Lipinski definition) is 1. The normalized spacial score (nSPS) is 33.6. The molecule has 1 rings (SSSR count). The van der Waals surface area contributed by atoms with Crippen LogP contribution in [-0.2, 0) is 4.74 Å². The molecular formula is C12H23IO. The Hall–Kier alpha value is 0.690. The van der Waals surface area contributed by atoms with E-state index in [1.54, 1.807) is 0 Å². The van der Waals surface area contributed by atoms with Gasteiger partial charge in [0, 0.05) is 11.0 Å². The van der Waals surface area contributed by atoms with Gasteiger partial charge in [-0.15, -0.1) is 0 Å². The average Bonchev–Trinajstić information content (AvgIpc) is 2.15. The van der Waals surface area contributed by atoms with E-state index in [1.165, 1.54) is 25.7 Å². The maximum atomic E-state index is 6.14. The number of hydrogen-bond donors (Lipinski definition) is 0. The molecule has 0 spiro atoms. The molecule has 0 bridgehead atoms. The minimum Gasteiger partial charge on any atom is -0.374 e. The molecule has 0 radical (unpaired) electrons. The molecule has 84 valence electrons. The van der Waals surface area contributed by atoms with Crippen molar-refractivity contribution in [3.05, 3.63) is 0 Å². The van der Waals surface area contributed by atoms with Crippen LogP contribution in [0.3, 0.4) is 0 Å². The topological polar surface area (TPSA) is 9.23 Å². The molecular weight excluding hydrogens is 287 g/mol. The van der Waals surface area contributed by atoms with Crippen LogP contribution < -0.4 is 0 Å². The summed E-state index contributed by atoms with van der Waals surface area (Å²) >= 11 is 2.49. The number of alkyl halides is 1. The predicted molar refractivity (Wildman–Crippen MR) is 70.0 cm³/mol. The summed E-state index contributed by atoms with van der Waals surface area (Å²) in [7, 11) is 0. The molecule has 2 heteroatoms. The van der Waals surface area contributed by atoms with E-state index in [4.69, 9.17) is 4.74 Å². The summed E-state index contributed by atoms with van der Waals surface area (Å²) < 4.78 is 7.30. The van der Waals surface area contributed by atoms with E-state index in [1.807, 2.05) is 0 Å². The molecule has 2 atom stereocenters. The van der Waals surface area contributed by atoms with E-state index in [0.29, 0.717) is 5.92 Å². The first-order chi connectivity index (χ1) is 6.58. The fraction of sp³-hybridized carbons (Fsp3) is 1.00. The van der Waals surface area contributed by atoms with Crippen LogP contribution in [0.15, 0.2) is 0 Å². The fourth-order valence-electron chi connectivity index (χ4n) is 2.25. The Labute approximate surface area is 102 Å². The van der Waals surface area contributed by atoms with E-state index < -0.39 is 0 Å². The van der Waals surface area contributed by atoms with Crippen molar-refractivity contribution >= 4 is 22.6 Å². The fourth-order valence-corrected chi connectivity index (χ4v) is 3.16. The lowest BCUT2D eigenvalue weighted by Crippen LogP contribution is -2.40. The Morgan fingerprint density at radius 3 is 2.71 bits per heavy atom. The van der Waals surface area contributed by atoms with Crippen molar-refractivity contribution in [2.45, 2.75) is 52.1 Å². The molecule has 1 aliphatic carbocycles. The van der Waals surface area contributed by atoms with Crippen LogP contribution in [0.25, 0.3) is 0 Å². The summed E-state index contributed by atoms with van der Waals surface area (Å²) in [5.74, 6) is 1.51. The van der Waals surface area contributed by atoms with Gasteiger partial charge in [0.15, 0.2) is 0 Å². The largest absolute Gasteiger partial charge is 0.374 e. The summed E-state index contributed by atoms with van der Waals surface area (Å²) in [5, 5.41) is 0. The first-order valence-electron chi connectivity index (χ1n) is 5.78. The van der Waals surface area contributed by atoms with Gasteiger partial charge in [-0.1, -0.05) is 56.2 Å². The Kier molecular flexibility index (Phi) is 5.18. The minimum atomic E-state index is 0.211. The molecule has 0 aromatic rings. The molecule has 14 heavy (non-hydrogen) atoms. The molecule has 1 aliphatic rings. The summed E-state index contributed by atoms with van der Waals surface area (Å²) in [6.07, 6.45) is 5.28. The third-order valence-corrected chi connectivity index (χ3v) is 4.41. The van der Waals surface area contributed by atoms with Gasteiger partial charge in [0.1, 0.15) is 0 Å². The Bertz CT molecular complexity index is 170. The van der Waals surface area contributed by atoms with Crippen molar-refractivity contribution in [2.75, 3.05) is 11.0 Å². The van der Waals surface area contributed by atoms with E-state index >= 15 is 0 Å². The van der Waals surface area contributed by atoms with Gasteiger partial charge in [-0.3, -0.25) is 0 Å². The molecule has 1 fully saturated rings. The van der Waals surface area contributed by atoms with Crippen molar-refractivity contribution in [3.63, 3.8) is 0 Å². The maximum Gasteiger partial charge on any atom is 0.0774 e. The van der Waals surface area contributed by atoms with Gasteiger partial charge < -0.3 is 4.74 Å². The molecule has 0 saturated heterocycles. The lowest BCUT2D eigenvalue weighted by Gasteiger charge is -2.39. The van der Waals surface area contributed by atoms with Crippen LogP contribution in [0.2, 0.25) is 0 Å². The number of halogens is 1. The predicted octanol–water partition coefficient (Wildman–Crippen LogP) is 4.04. The molecule has 0 aromatic carbocycles. The van der Waals surface area contributed by atoms with Crippen LogP contribution in [0.1, 0.15) is 46.5 Å². The van der Waals surface area contributed by atoms with E-state index in [2.05, 4.69) is 43.4 Å². The lowest BCUT2D eigenvalue weighted by atomic mass is 9.80. The van der Waals surface area contributed by atoms with Gasteiger partial charge in [0.25, 0.3) is 0 Å². The molecule has 0 aromatic heterocycles. The quantitative estimate of drug-likeness (QED) is 0.562. The number of rotatable bonds is 4. The van der Waals surface area contributed by atoms with Crippen LogP contribution in [0, 0.1) is 11.8 Å². The van der Waals surface area contributed by atoms with Gasteiger partial charge in [-0.2, -0.15) is 0 Å². The van der Waals surface area contributed by atoms with Crippen LogP contribution in [-0.4, -0.2) is 16.6 Å². The van der Waals surface area contributed by atoms with Crippen LogP contribution in [0.5, 0.6) is 0 Å². The smallest absolute Gasteiger partial charge is 0.0774 e. The van der Waals surface area contributed by atoms with Crippen molar-refractivity contribution < 1.29 is 4.74 Å². The monoisotopic (exact) mass is 310 g/mol. The Balaban J connectivity index is 2.47. The highest BCUT2D eigenvalue weighted by atomic mass is 127. The maximum absolute atomic E-state index is 6.14. The first-order valence-corrected chi connectivity index (χ1v) is 7.30. The summed E-state index contributed by atoms with van der Waals surface area (Å²) in [4.78, 5) is 0. The Morgan fingerprint density at radius 1 is 1.50 bits per heavy atom. The van der Waals surface area contributed by atoms with Gasteiger partial charge in [0.2, 0.25) is 0 Å². The molecule has 1 saturated carbocycles. The Morgan fingerprint density at radius 2 is 2.21 bits per heavy atom. The molecule has 0 amide bonds. The lowest BCUT2D eigenvalue weighted by molar-refractivity contribution is -0.0714. The van der Waals surface area contributed by atoms with Gasteiger partial charge in [0.05, 0.1) is 5.60 Å². The van der Waals surface area contributed by atoms with Gasteiger partial charge >= 0.3 is 0 Å². The summed E-state index contributed by atoms with van der Waals surface area (Å²) in [5.41, 5.74) is 0.211.